The number of aromatic nitrogens is 2. The molecular weight excluding hydrogens is 329 g/mol. The highest BCUT2D eigenvalue weighted by Crippen LogP contribution is 2.25. The van der Waals surface area contributed by atoms with Crippen molar-refractivity contribution in [2.45, 2.75) is 26.3 Å². The topological polar surface area (TPSA) is 38.1 Å². The van der Waals surface area contributed by atoms with Crippen LogP contribution in [0.25, 0.3) is 16.9 Å². The molecule has 0 fully saturated rings. The van der Waals surface area contributed by atoms with Crippen LogP contribution in [0.5, 0.6) is 0 Å². The van der Waals surface area contributed by atoms with Crippen LogP contribution in [0.4, 0.5) is 4.39 Å². The van der Waals surface area contributed by atoms with Crippen molar-refractivity contribution in [2.24, 2.45) is 0 Å². The van der Waals surface area contributed by atoms with Gasteiger partial charge in [0.15, 0.2) is 0 Å². The van der Waals surface area contributed by atoms with Crippen LogP contribution in [0, 0.1) is 5.82 Å². The first-order valence-electron chi connectivity index (χ1n) is 8.72. The summed E-state index contributed by atoms with van der Waals surface area (Å²) in [7, 11) is 1.80. The van der Waals surface area contributed by atoms with Crippen molar-refractivity contribution in [3.8, 4) is 16.9 Å². The van der Waals surface area contributed by atoms with E-state index in [1.54, 1.807) is 28.8 Å². The standard InChI is InChI=1S/C21H22FN3O/c1-3-7-20(26)24(2)14-17-15-25(19-8-5-4-6-9-19)23-21(17)16-10-12-18(22)13-11-16/h4-6,8-13,15H,3,7,14H2,1-2H3. The lowest BCUT2D eigenvalue weighted by atomic mass is 10.1. The molecule has 0 N–H and O–H groups in total. The van der Waals surface area contributed by atoms with Gasteiger partial charge in [-0.25, -0.2) is 9.07 Å². The molecule has 0 saturated heterocycles. The molecule has 0 bridgehead atoms. The maximum absolute atomic E-state index is 13.3. The number of amides is 1. The van der Waals surface area contributed by atoms with Gasteiger partial charge in [-0.05, 0) is 42.8 Å². The molecule has 0 aliphatic heterocycles. The highest BCUT2D eigenvalue weighted by Gasteiger charge is 2.16. The molecule has 0 radical (unpaired) electrons. The summed E-state index contributed by atoms with van der Waals surface area (Å²) in [6, 6.07) is 16.1. The summed E-state index contributed by atoms with van der Waals surface area (Å²) in [5.74, 6) is -0.182. The summed E-state index contributed by atoms with van der Waals surface area (Å²) >= 11 is 0. The Labute approximate surface area is 152 Å². The average Bonchev–Trinajstić information content (AvgIpc) is 3.07. The van der Waals surface area contributed by atoms with E-state index in [-0.39, 0.29) is 11.7 Å². The Bertz CT molecular complexity index is 872. The SMILES string of the molecule is CCCC(=O)N(C)Cc1cn(-c2ccccc2)nc1-c1ccc(F)cc1. The summed E-state index contributed by atoms with van der Waals surface area (Å²) in [6.45, 7) is 2.45. The molecular formula is C21H22FN3O. The van der Waals surface area contributed by atoms with E-state index < -0.39 is 0 Å². The van der Waals surface area contributed by atoms with Gasteiger partial charge in [-0.2, -0.15) is 5.10 Å². The lowest BCUT2D eigenvalue weighted by molar-refractivity contribution is -0.130. The third-order valence-corrected chi connectivity index (χ3v) is 4.23. The first-order valence-corrected chi connectivity index (χ1v) is 8.72. The van der Waals surface area contributed by atoms with Gasteiger partial charge in [-0.15, -0.1) is 0 Å². The summed E-state index contributed by atoms with van der Waals surface area (Å²) in [5.41, 5.74) is 3.44. The van der Waals surface area contributed by atoms with Crippen LogP contribution >= 0.6 is 0 Å². The Kier molecular flexibility index (Phi) is 5.46. The minimum atomic E-state index is -0.284. The van der Waals surface area contributed by atoms with Crippen LogP contribution in [-0.2, 0) is 11.3 Å². The van der Waals surface area contributed by atoms with Gasteiger partial charge in [0.25, 0.3) is 0 Å². The molecule has 1 heterocycles. The molecule has 0 aliphatic rings. The molecule has 0 aliphatic carbocycles. The Morgan fingerprint density at radius 3 is 2.46 bits per heavy atom. The third-order valence-electron chi connectivity index (χ3n) is 4.23. The van der Waals surface area contributed by atoms with Crippen molar-refractivity contribution in [3.05, 3.63) is 72.2 Å². The number of carbonyl (C=O) groups excluding carboxylic acids is 1. The van der Waals surface area contributed by atoms with Crippen molar-refractivity contribution in [1.29, 1.82) is 0 Å². The monoisotopic (exact) mass is 351 g/mol. The van der Waals surface area contributed by atoms with Gasteiger partial charge in [-0.1, -0.05) is 25.1 Å². The Morgan fingerprint density at radius 2 is 1.81 bits per heavy atom. The van der Waals surface area contributed by atoms with Crippen LogP contribution in [0.2, 0.25) is 0 Å². The fraction of sp³-hybridized carbons (Fsp3) is 0.238. The smallest absolute Gasteiger partial charge is 0.222 e. The van der Waals surface area contributed by atoms with Gasteiger partial charge >= 0.3 is 0 Å². The van der Waals surface area contributed by atoms with Gasteiger partial charge in [0.1, 0.15) is 5.82 Å². The molecule has 0 saturated carbocycles. The molecule has 0 spiro atoms. The zero-order valence-electron chi connectivity index (χ0n) is 15.0. The predicted molar refractivity (Wildman–Crippen MR) is 100 cm³/mol. The quantitative estimate of drug-likeness (QED) is 0.659. The second-order valence-electron chi connectivity index (χ2n) is 6.29. The maximum atomic E-state index is 13.3. The first kappa shape index (κ1) is 17.9. The van der Waals surface area contributed by atoms with Crippen LogP contribution in [0.3, 0.4) is 0 Å². The molecule has 0 atom stereocenters. The van der Waals surface area contributed by atoms with Crippen molar-refractivity contribution in [3.63, 3.8) is 0 Å². The van der Waals surface area contributed by atoms with Crippen molar-refractivity contribution in [1.82, 2.24) is 14.7 Å². The highest BCUT2D eigenvalue weighted by atomic mass is 19.1. The lowest BCUT2D eigenvalue weighted by Crippen LogP contribution is -2.25. The van der Waals surface area contributed by atoms with Gasteiger partial charge in [0.05, 0.1) is 11.4 Å². The van der Waals surface area contributed by atoms with Crippen LogP contribution in [-0.4, -0.2) is 27.6 Å². The second kappa shape index (κ2) is 7.95. The van der Waals surface area contributed by atoms with Crippen molar-refractivity contribution < 1.29 is 9.18 Å². The van der Waals surface area contributed by atoms with Crippen molar-refractivity contribution in [2.75, 3.05) is 7.05 Å². The number of nitrogens with zero attached hydrogens (tertiary/aromatic N) is 3. The normalized spacial score (nSPS) is 10.7. The van der Waals surface area contributed by atoms with E-state index in [1.807, 2.05) is 43.5 Å². The fourth-order valence-electron chi connectivity index (χ4n) is 2.84. The fourth-order valence-corrected chi connectivity index (χ4v) is 2.84. The Morgan fingerprint density at radius 1 is 1.12 bits per heavy atom. The van der Waals surface area contributed by atoms with E-state index in [2.05, 4.69) is 0 Å². The number of benzene rings is 2. The van der Waals surface area contributed by atoms with E-state index in [1.165, 1.54) is 12.1 Å². The highest BCUT2D eigenvalue weighted by molar-refractivity contribution is 5.76. The summed E-state index contributed by atoms with van der Waals surface area (Å²) in [6.07, 6.45) is 3.27. The summed E-state index contributed by atoms with van der Waals surface area (Å²) in [5, 5.41) is 4.69. The molecule has 5 heteroatoms. The number of halogens is 1. The number of rotatable bonds is 6. The van der Waals surface area contributed by atoms with E-state index in [9.17, 15) is 9.18 Å². The minimum Gasteiger partial charge on any atom is -0.341 e. The van der Waals surface area contributed by atoms with Gasteiger partial charge < -0.3 is 4.90 Å². The number of hydrogen-bond acceptors (Lipinski definition) is 2. The van der Waals surface area contributed by atoms with E-state index in [0.717, 1.165) is 28.9 Å². The van der Waals surface area contributed by atoms with Crippen LogP contribution in [0.15, 0.2) is 60.8 Å². The predicted octanol–water partition coefficient (Wildman–Crippen LogP) is 4.44. The van der Waals surface area contributed by atoms with Gasteiger partial charge in [0.2, 0.25) is 5.91 Å². The molecule has 26 heavy (non-hydrogen) atoms. The molecule has 2 aromatic carbocycles. The molecule has 1 amide bonds. The first-order chi connectivity index (χ1) is 12.6. The Hall–Kier alpha value is -2.95. The number of para-hydroxylation sites is 1. The zero-order valence-corrected chi connectivity index (χ0v) is 15.0. The van der Waals surface area contributed by atoms with E-state index >= 15 is 0 Å². The largest absolute Gasteiger partial charge is 0.341 e. The minimum absolute atomic E-state index is 0.102. The van der Waals surface area contributed by atoms with Crippen molar-refractivity contribution >= 4 is 5.91 Å². The summed E-state index contributed by atoms with van der Waals surface area (Å²) in [4.78, 5) is 13.9. The second-order valence-corrected chi connectivity index (χ2v) is 6.29. The van der Waals surface area contributed by atoms with Gasteiger partial charge in [0, 0.05) is 37.3 Å². The molecule has 4 nitrogen and oxygen atoms in total. The van der Waals surface area contributed by atoms with Crippen LogP contribution < -0.4 is 0 Å². The number of hydrogen-bond donors (Lipinski definition) is 0. The van der Waals surface area contributed by atoms with Gasteiger partial charge in [-0.3, -0.25) is 4.79 Å². The molecule has 0 unspecified atom stereocenters. The van der Waals surface area contributed by atoms with E-state index in [4.69, 9.17) is 5.10 Å². The molecule has 3 rings (SSSR count). The molecule has 134 valence electrons. The number of carbonyl (C=O) groups is 1. The van der Waals surface area contributed by atoms with Crippen LogP contribution in [0.1, 0.15) is 25.3 Å². The average molecular weight is 351 g/mol. The molecule has 3 aromatic rings. The summed E-state index contributed by atoms with van der Waals surface area (Å²) < 4.78 is 15.1. The third kappa shape index (κ3) is 3.99. The van der Waals surface area contributed by atoms with E-state index in [0.29, 0.717) is 13.0 Å². The maximum Gasteiger partial charge on any atom is 0.222 e. The lowest BCUT2D eigenvalue weighted by Gasteiger charge is -2.16. The zero-order chi connectivity index (χ0) is 18.5. The Balaban J connectivity index is 1.99. The molecule has 1 aromatic heterocycles.